The first-order valence-electron chi connectivity index (χ1n) is 12.1. The number of hydrogen-bond donors (Lipinski definition) is 3. The lowest BCUT2D eigenvalue weighted by atomic mass is 9.79. The van der Waals surface area contributed by atoms with E-state index in [1.165, 1.54) is 12.1 Å². The zero-order valence-electron chi connectivity index (χ0n) is 19.7. The number of β-amino-alcohol motifs (C(OH)–C–C–N with tert-alkyl or cyclic N) is 2. The van der Waals surface area contributed by atoms with Crippen molar-refractivity contribution in [2.45, 2.75) is 38.0 Å². The van der Waals surface area contributed by atoms with E-state index in [-0.39, 0.29) is 11.9 Å². The Morgan fingerprint density at radius 1 is 1.11 bits per heavy atom. The van der Waals surface area contributed by atoms with E-state index < -0.39 is 18.0 Å². The van der Waals surface area contributed by atoms with Gasteiger partial charge in [0.25, 0.3) is 5.91 Å². The zero-order chi connectivity index (χ0) is 24.5. The van der Waals surface area contributed by atoms with E-state index in [1.54, 1.807) is 12.1 Å². The molecule has 2 atom stereocenters. The van der Waals surface area contributed by atoms with Gasteiger partial charge in [-0.2, -0.15) is 0 Å². The average molecular weight is 480 g/mol. The standard InChI is InChI=1S/C27H30FN3O4/c1-2-35-20-6-3-17(4-7-20)23-12-22(21-8-5-18(28)11-24(21)30-23)27(34)29-19-9-16(10-19)13-31-14-25(32)26(33)15-31/h3-8,11-12,16,19,25-26,32-33H,2,9-10,13-15H2,1H3,(H,29,34)/t16?,19?,25-,26+. The maximum absolute atomic E-state index is 14.0. The largest absolute Gasteiger partial charge is 0.494 e. The minimum atomic E-state index is -0.681. The van der Waals surface area contributed by atoms with Gasteiger partial charge >= 0.3 is 0 Å². The molecule has 8 heteroatoms. The molecule has 1 aromatic heterocycles. The molecule has 0 unspecified atom stereocenters. The number of hydrogen-bond acceptors (Lipinski definition) is 6. The SMILES string of the molecule is CCOc1ccc(-c2cc(C(=O)NC3CC(CN4C[C@@H](O)[C@@H](O)C4)C3)c3ccc(F)cc3n2)cc1. The Morgan fingerprint density at radius 2 is 1.83 bits per heavy atom. The first-order chi connectivity index (χ1) is 16.9. The highest BCUT2D eigenvalue weighted by atomic mass is 19.1. The van der Waals surface area contributed by atoms with Crippen molar-refractivity contribution >= 4 is 16.8 Å². The third kappa shape index (κ3) is 5.15. The van der Waals surface area contributed by atoms with Crippen molar-refractivity contribution in [2.75, 3.05) is 26.2 Å². The molecule has 184 valence electrons. The van der Waals surface area contributed by atoms with E-state index in [9.17, 15) is 19.4 Å². The van der Waals surface area contributed by atoms with Crippen molar-refractivity contribution in [3.05, 3.63) is 59.9 Å². The van der Waals surface area contributed by atoms with Gasteiger partial charge in [-0.25, -0.2) is 9.37 Å². The van der Waals surface area contributed by atoms with Crippen LogP contribution >= 0.6 is 0 Å². The molecule has 35 heavy (non-hydrogen) atoms. The predicted octanol–water partition coefficient (Wildman–Crippen LogP) is 2.99. The van der Waals surface area contributed by atoms with Gasteiger partial charge in [0.1, 0.15) is 11.6 Å². The number of fused-ring (bicyclic) bond motifs is 1. The van der Waals surface area contributed by atoms with Crippen LogP contribution in [0.4, 0.5) is 4.39 Å². The van der Waals surface area contributed by atoms with Crippen LogP contribution in [-0.4, -0.2) is 70.5 Å². The second-order valence-corrected chi connectivity index (χ2v) is 9.53. The van der Waals surface area contributed by atoms with Crippen molar-refractivity contribution < 1.29 is 24.1 Å². The van der Waals surface area contributed by atoms with Crippen LogP contribution in [0.2, 0.25) is 0 Å². The van der Waals surface area contributed by atoms with Crippen LogP contribution in [0.1, 0.15) is 30.1 Å². The van der Waals surface area contributed by atoms with Gasteiger partial charge in [-0.05, 0) is 68.1 Å². The molecule has 2 heterocycles. The molecule has 1 saturated heterocycles. The maximum Gasteiger partial charge on any atom is 0.252 e. The van der Waals surface area contributed by atoms with Gasteiger partial charge in [0, 0.05) is 42.7 Å². The summed E-state index contributed by atoms with van der Waals surface area (Å²) < 4.78 is 19.5. The molecule has 1 amide bonds. The number of benzene rings is 2. The molecule has 5 rings (SSSR count). The van der Waals surface area contributed by atoms with Crippen LogP contribution in [0.25, 0.3) is 22.2 Å². The van der Waals surface area contributed by atoms with Crippen LogP contribution in [0.5, 0.6) is 5.75 Å². The lowest BCUT2D eigenvalue weighted by Crippen LogP contribution is -2.47. The van der Waals surface area contributed by atoms with Gasteiger partial charge in [-0.15, -0.1) is 0 Å². The Hall–Kier alpha value is -3.07. The molecule has 1 saturated carbocycles. The fraction of sp³-hybridized carbons (Fsp3) is 0.407. The average Bonchev–Trinajstić information content (AvgIpc) is 3.14. The Bertz CT molecular complexity index is 1200. The molecule has 0 spiro atoms. The Balaban J connectivity index is 1.31. The first-order valence-corrected chi connectivity index (χ1v) is 12.1. The summed E-state index contributed by atoms with van der Waals surface area (Å²) >= 11 is 0. The number of rotatable bonds is 7. The monoisotopic (exact) mass is 479 g/mol. The highest BCUT2D eigenvalue weighted by molar-refractivity contribution is 6.07. The summed E-state index contributed by atoms with van der Waals surface area (Å²) in [6, 6.07) is 13.6. The number of amides is 1. The van der Waals surface area contributed by atoms with Gasteiger partial charge in [0.05, 0.1) is 35.6 Å². The van der Waals surface area contributed by atoms with E-state index in [4.69, 9.17) is 4.74 Å². The fourth-order valence-corrected chi connectivity index (χ4v) is 5.05. The minimum Gasteiger partial charge on any atom is -0.494 e. The number of aliphatic hydroxyl groups excluding tert-OH is 2. The molecule has 7 nitrogen and oxygen atoms in total. The summed E-state index contributed by atoms with van der Waals surface area (Å²) in [6.07, 6.45) is 0.329. The highest BCUT2D eigenvalue weighted by Gasteiger charge is 2.36. The molecular formula is C27H30FN3O4. The topological polar surface area (TPSA) is 94.9 Å². The molecule has 2 fully saturated rings. The molecule has 0 radical (unpaired) electrons. The molecule has 2 aliphatic rings. The second kappa shape index (κ2) is 9.89. The number of aliphatic hydroxyl groups is 2. The quantitative estimate of drug-likeness (QED) is 0.482. The molecular weight excluding hydrogens is 449 g/mol. The highest BCUT2D eigenvalue weighted by Crippen LogP contribution is 2.31. The minimum absolute atomic E-state index is 0.0579. The molecule has 3 N–H and O–H groups in total. The predicted molar refractivity (Wildman–Crippen MR) is 131 cm³/mol. The number of pyridine rings is 1. The van der Waals surface area contributed by atoms with E-state index in [0.717, 1.165) is 30.7 Å². The van der Waals surface area contributed by atoms with Crippen molar-refractivity contribution in [1.82, 2.24) is 15.2 Å². The van der Waals surface area contributed by atoms with E-state index in [1.807, 2.05) is 31.2 Å². The number of halogens is 1. The first kappa shape index (κ1) is 23.7. The smallest absolute Gasteiger partial charge is 0.252 e. The second-order valence-electron chi connectivity index (χ2n) is 9.53. The number of carbonyl (C=O) groups excluding carboxylic acids is 1. The van der Waals surface area contributed by atoms with Crippen LogP contribution < -0.4 is 10.1 Å². The summed E-state index contributed by atoms with van der Waals surface area (Å²) in [5.41, 5.74) is 2.30. The summed E-state index contributed by atoms with van der Waals surface area (Å²) in [6.45, 7) is 4.27. The Kier molecular flexibility index (Phi) is 6.69. The Morgan fingerprint density at radius 3 is 2.51 bits per heavy atom. The number of nitrogens with one attached hydrogen (secondary N) is 1. The van der Waals surface area contributed by atoms with Crippen LogP contribution in [-0.2, 0) is 0 Å². The fourth-order valence-electron chi connectivity index (χ4n) is 5.05. The van der Waals surface area contributed by atoms with Crippen molar-refractivity contribution in [2.24, 2.45) is 5.92 Å². The number of likely N-dealkylation sites (tertiary alicyclic amines) is 1. The maximum atomic E-state index is 14.0. The number of ether oxygens (including phenoxy) is 1. The molecule has 1 aliphatic heterocycles. The lowest BCUT2D eigenvalue weighted by molar-refractivity contribution is 0.0572. The van der Waals surface area contributed by atoms with Gasteiger partial charge < -0.3 is 20.3 Å². The van der Waals surface area contributed by atoms with Gasteiger partial charge in [0.15, 0.2) is 0 Å². The molecule has 2 aromatic carbocycles. The Labute approximate surface area is 203 Å². The summed E-state index contributed by atoms with van der Waals surface area (Å²) in [5, 5.41) is 23.2. The van der Waals surface area contributed by atoms with E-state index >= 15 is 0 Å². The van der Waals surface area contributed by atoms with Gasteiger partial charge in [-0.3, -0.25) is 9.69 Å². The molecule has 1 aliphatic carbocycles. The van der Waals surface area contributed by atoms with Gasteiger partial charge in [0.2, 0.25) is 0 Å². The van der Waals surface area contributed by atoms with E-state index in [0.29, 0.717) is 47.8 Å². The summed E-state index contributed by atoms with van der Waals surface area (Å²) in [4.78, 5) is 20.0. The van der Waals surface area contributed by atoms with E-state index in [2.05, 4.69) is 15.2 Å². The number of nitrogens with zero attached hydrogens (tertiary/aromatic N) is 2. The third-order valence-electron chi connectivity index (χ3n) is 6.90. The molecule has 0 bridgehead atoms. The summed E-state index contributed by atoms with van der Waals surface area (Å²) in [5.74, 6) is 0.560. The lowest BCUT2D eigenvalue weighted by Gasteiger charge is -2.38. The van der Waals surface area contributed by atoms with Crippen molar-refractivity contribution in [3.8, 4) is 17.0 Å². The molecule has 3 aromatic rings. The van der Waals surface area contributed by atoms with Crippen LogP contribution in [0.3, 0.4) is 0 Å². The number of carbonyl (C=O) groups is 1. The summed E-state index contributed by atoms with van der Waals surface area (Å²) in [7, 11) is 0. The third-order valence-corrected chi connectivity index (χ3v) is 6.90. The zero-order valence-corrected chi connectivity index (χ0v) is 19.7. The van der Waals surface area contributed by atoms with Crippen molar-refractivity contribution in [3.63, 3.8) is 0 Å². The van der Waals surface area contributed by atoms with Gasteiger partial charge in [-0.1, -0.05) is 0 Å². The normalized spacial score (nSPS) is 24.3. The number of aromatic nitrogens is 1. The van der Waals surface area contributed by atoms with Crippen LogP contribution in [0, 0.1) is 11.7 Å². The van der Waals surface area contributed by atoms with Crippen molar-refractivity contribution in [1.29, 1.82) is 0 Å². The van der Waals surface area contributed by atoms with Crippen LogP contribution in [0.15, 0.2) is 48.5 Å².